The van der Waals surface area contributed by atoms with E-state index in [-0.39, 0.29) is 21.3 Å². The van der Waals surface area contributed by atoms with Crippen LogP contribution in [-0.4, -0.2) is 32.3 Å². The number of carbonyl (C=O) groups is 1. The summed E-state index contributed by atoms with van der Waals surface area (Å²) in [7, 11) is 1.28. The topological polar surface area (TPSA) is 76.4 Å². The molecule has 4 N–H and O–H groups in total. The number of anilines is 2. The summed E-state index contributed by atoms with van der Waals surface area (Å²) in [6.07, 6.45) is -3.62. The molecule has 0 bridgehead atoms. The number of nitrogens with two attached hydrogens (primary N) is 1. The Morgan fingerprint density at radius 1 is 1.45 bits per heavy atom. The molecule has 0 saturated carbocycles. The van der Waals surface area contributed by atoms with Gasteiger partial charge in [0.05, 0.1) is 7.11 Å². The van der Waals surface area contributed by atoms with Crippen molar-refractivity contribution in [3.63, 3.8) is 0 Å². The van der Waals surface area contributed by atoms with Gasteiger partial charge in [0.2, 0.25) is 0 Å². The zero-order chi connectivity index (χ0) is 15.3. The van der Waals surface area contributed by atoms with Gasteiger partial charge in [0.15, 0.2) is 5.75 Å². The summed E-state index contributed by atoms with van der Waals surface area (Å²) in [4.78, 5) is 12.0. The van der Waals surface area contributed by atoms with Crippen LogP contribution in [0.15, 0.2) is 0 Å². The van der Waals surface area contributed by atoms with Crippen molar-refractivity contribution in [2.45, 2.75) is 19.5 Å². The number of rotatable bonds is 6. The number of hydrogen-bond acceptors (Lipinski definition) is 5. The van der Waals surface area contributed by atoms with Gasteiger partial charge in [0.25, 0.3) is 5.91 Å². The molecule has 0 radical (unpaired) electrons. The highest BCUT2D eigenvalue weighted by atomic mass is 32.1. The number of thiophene rings is 1. The second-order valence-corrected chi connectivity index (χ2v) is 4.95. The molecule has 0 fully saturated rings. The molecule has 1 rings (SSSR count). The number of alkyl halides is 3. The molecule has 1 aromatic rings. The Morgan fingerprint density at radius 3 is 2.60 bits per heavy atom. The molecule has 0 aliphatic rings. The molecule has 1 aromatic heterocycles. The summed E-state index contributed by atoms with van der Waals surface area (Å²) in [6.45, 7) is 1.12. The zero-order valence-electron chi connectivity index (χ0n) is 11.1. The molecule has 1 amide bonds. The highest BCUT2D eigenvalue weighted by molar-refractivity contribution is 7.19. The minimum absolute atomic E-state index is 0.0378. The molecule has 0 saturated heterocycles. The van der Waals surface area contributed by atoms with E-state index < -0.39 is 18.6 Å². The number of ether oxygens (including phenoxy) is 1. The average molecular weight is 311 g/mol. The second kappa shape index (κ2) is 6.69. The first kappa shape index (κ1) is 16.4. The number of nitrogens with one attached hydrogen (secondary N) is 2. The van der Waals surface area contributed by atoms with Crippen molar-refractivity contribution in [2.24, 2.45) is 0 Å². The molecule has 0 atom stereocenters. The third kappa shape index (κ3) is 4.19. The number of carbonyl (C=O) groups excluding carboxylic acids is 1. The molecule has 114 valence electrons. The largest absolute Gasteiger partial charge is 0.492 e. The van der Waals surface area contributed by atoms with Crippen LogP contribution in [-0.2, 0) is 0 Å². The molecule has 1 heterocycles. The SMILES string of the molecule is CCCNC(=O)c1sc(NCC(F)(F)F)c(OC)c1N. The first-order valence-corrected chi connectivity index (χ1v) is 6.66. The summed E-state index contributed by atoms with van der Waals surface area (Å²) in [5.41, 5.74) is 5.77. The Kier molecular flexibility index (Phi) is 5.49. The molecule has 0 spiro atoms. The van der Waals surface area contributed by atoms with Crippen LogP contribution in [0.3, 0.4) is 0 Å². The highest BCUT2D eigenvalue weighted by Gasteiger charge is 2.29. The predicted octanol–water partition coefficient (Wildman–Crippen LogP) is 2.45. The second-order valence-electron chi connectivity index (χ2n) is 3.93. The maximum absolute atomic E-state index is 12.2. The van der Waals surface area contributed by atoms with Gasteiger partial charge in [-0.1, -0.05) is 6.92 Å². The van der Waals surface area contributed by atoms with Crippen LogP contribution in [0.25, 0.3) is 0 Å². The minimum atomic E-state index is -4.37. The zero-order valence-corrected chi connectivity index (χ0v) is 11.9. The molecule has 0 aliphatic heterocycles. The minimum Gasteiger partial charge on any atom is -0.492 e. The van der Waals surface area contributed by atoms with Crippen LogP contribution in [0.1, 0.15) is 23.0 Å². The lowest BCUT2D eigenvalue weighted by molar-refractivity contribution is -0.115. The van der Waals surface area contributed by atoms with E-state index in [2.05, 4.69) is 10.6 Å². The quantitative estimate of drug-likeness (QED) is 0.754. The fourth-order valence-electron chi connectivity index (χ4n) is 1.42. The first-order valence-electron chi connectivity index (χ1n) is 5.85. The van der Waals surface area contributed by atoms with Crippen molar-refractivity contribution in [3.8, 4) is 5.75 Å². The molecule has 0 aliphatic carbocycles. The number of amides is 1. The fourth-order valence-corrected chi connectivity index (χ4v) is 2.42. The van der Waals surface area contributed by atoms with E-state index in [0.717, 1.165) is 17.8 Å². The van der Waals surface area contributed by atoms with Gasteiger partial charge in [-0.05, 0) is 6.42 Å². The molecule has 0 aromatic carbocycles. The van der Waals surface area contributed by atoms with Gasteiger partial charge >= 0.3 is 6.18 Å². The maximum atomic E-state index is 12.2. The Balaban J connectivity index is 2.93. The summed E-state index contributed by atoms with van der Waals surface area (Å²) in [5.74, 6) is -0.367. The number of hydrogen-bond donors (Lipinski definition) is 3. The van der Waals surface area contributed by atoms with Crippen molar-refractivity contribution in [1.29, 1.82) is 0 Å². The van der Waals surface area contributed by atoms with Gasteiger partial charge in [-0.25, -0.2) is 0 Å². The smallest absolute Gasteiger partial charge is 0.405 e. The van der Waals surface area contributed by atoms with E-state index in [1.807, 2.05) is 6.92 Å². The molecule has 9 heteroatoms. The Labute approximate surface area is 118 Å². The Morgan fingerprint density at radius 2 is 2.10 bits per heavy atom. The maximum Gasteiger partial charge on any atom is 0.405 e. The van der Waals surface area contributed by atoms with Gasteiger partial charge in [-0.15, -0.1) is 11.3 Å². The lowest BCUT2D eigenvalue weighted by Gasteiger charge is -2.09. The van der Waals surface area contributed by atoms with Gasteiger partial charge in [0.1, 0.15) is 22.1 Å². The van der Waals surface area contributed by atoms with E-state index in [1.165, 1.54) is 7.11 Å². The highest BCUT2D eigenvalue weighted by Crippen LogP contribution is 2.42. The third-order valence-electron chi connectivity index (χ3n) is 2.29. The van der Waals surface area contributed by atoms with E-state index in [9.17, 15) is 18.0 Å². The van der Waals surface area contributed by atoms with Crippen molar-refractivity contribution < 1.29 is 22.7 Å². The van der Waals surface area contributed by atoms with E-state index in [4.69, 9.17) is 10.5 Å². The van der Waals surface area contributed by atoms with Gasteiger partial charge in [-0.2, -0.15) is 13.2 Å². The molecule has 5 nitrogen and oxygen atoms in total. The van der Waals surface area contributed by atoms with Crippen LogP contribution in [0.5, 0.6) is 5.75 Å². The van der Waals surface area contributed by atoms with Crippen molar-refractivity contribution in [2.75, 3.05) is 31.2 Å². The van der Waals surface area contributed by atoms with E-state index in [1.54, 1.807) is 0 Å². The number of halogens is 3. The van der Waals surface area contributed by atoms with Crippen molar-refractivity contribution in [1.82, 2.24) is 5.32 Å². The summed E-state index contributed by atoms with van der Waals surface area (Å²) in [5, 5.41) is 4.88. The van der Waals surface area contributed by atoms with E-state index in [0.29, 0.717) is 6.54 Å². The third-order valence-corrected chi connectivity index (χ3v) is 3.44. The van der Waals surface area contributed by atoms with Crippen LogP contribution >= 0.6 is 11.3 Å². The molecule has 20 heavy (non-hydrogen) atoms. The van der Waals surface area contributed by atoms with E-state index >= 15 is 0 Å². The Hall–Kier alpha value is -1.64. The average Bonchev–Trinajstić information content (AvgIpc) is 2.69. The summed E-state index contributed by atoms with van der Waals surface area (Å²) >= 11 is 0.837. The van der Waals surface area contributed by atoms with Gasteiger partial charge < -0.3 is 21.1 Å². The van der Waals surface area contributed by atoms with Gasteiger partial charge in [0, 0.05) is 6.54 Å². The van der Waals surface area contributed by atoms with Gasteiger partial charge in [-0.3, -0.25) is 4.79 Å². The normalized spacial score (nSPS) is 11.2. The predicted molar refractivity (Wildman–Crippen MR) is 72.5 cm³/mol. The number of methoxy groups -OCH3 is 1. The van der Waals surface area contributed by atoms with Crippen LogP contribution in [0, 0.1) is 0 Å². The molecule has 0 unspecified atom stereocenters. The summed E-state index contributed by atoms with van der Waals surface area (Å²) < 4.78 is 41.6. The fraction of sp³-hybridized carbons (Fsp3) is 0.545. The monoisotopic (exact) mass is 311 g/mol. The van der Waals surface area contributed by atoms with Crippen molar-refractivity contribution in [3.05, 3.63) is 4.88 Å². The molecular weight excluding hydrogens is 295 g/mol. The first-order chi connectivity index (χ1) is 9.30. The number of nitrogen functional groups attached to an aromatic ring is 1. The van der Waals surface area contributed by atoms with Crippen LogP contribution < -0.4 is 21.1 Å². The lowest BCUT2D eigenvalue weighted by atomic mass is 10.3. The van der Waals surface area contributed by atoms with Crippen LogP contribution in [0.2, 0.25) is 0 Å². The Bertz CT molecular complexity index is 474. The standard InChI is InChI=1S/C11H16F3N3O2S/c1-3-4-16-9(18)8-6(15)7(19-2)10(20-8)17-5-11(12,13)14/h17H,3-5,15H2,1-2H3,(H,16,18). The molecular formula is C11H16F3N3O2S. The summed E-state index contributed by atoms with van der Waals surface area (Å²) in [6, 6.07) is 0. The van der Waals surface area contributed by atoms with Crippen LogP contribution in [0.4, 0.5) is 23.9 Å². The van der Waals surface area contributed by atoms with Crippen molar-refractivity contribution >= 4 is 27.9 Å². The lowest BCUT2D eigenvalue weighted by Crippen LogP contribution is -2.23.